The number of fused-ring (bicyclic) bond motifs is 1. The van der Waals surface area contributed by atoms with Crippen molar-refractivity contribution in [2.75, 3.05) is 13.2 Å². The molecule has 7 heteroatoms. The summed E-state index contributed by atoms with van der Waals surface area (Å²) in [5, 5.41) is 15.5. The van der Waals surface area contributed by atoms with E-state index in [0.717, 1.165) is 37.7 Å². The molecule has 0 aromatic carbocycles. The van der Waals surface area contributed by atoms with E-state index in [4.69, 9.17) is 4.74 Å². The third-order valence-electron chi connectivity index (χ3n) is 3.99. The van der Waals surface area contributed by atoms with Crippen molar-refractivity contribution in [3.63, 3.8) is 0 Å². The van der Waals surface area contributed by atoms with Gasteiger partial charge in [-0.1, -0.05) is 0 Å². The lowest BCUT2D eigenvalue weighted by atomic mass is 10.2. The van der Waals surface area contributed by atoms with E-state index in [2.05, 4.69) is 36.8 Å². The Morgan fingerprint density at radius 1 is 1.38 bits per heavy atom. The number of aromatic amines is 1. The van der Waals surface area contributed by atoms with Gasteiger partial charge in [-0.25, -0.2) is 0 Å². The molecule has 7 nitrogen and oxygen atoms in total. The normalized spacial score (nSPS) is 19.4. The highest BCUT2D eigenvalue weighted by atomic mass is 16.5. The van der Waals surface area contributed by atoms with Gasteiger partial charge in [0.2, 0.25) is 0 Å². The highest BCUT2D eigenvalue weighted by molar-refractivity contribution is 5.05. The molecule has 1 N–H and O–H groups in total. The highest BCUT2D eigenvalue weighted by Gasteiger charge is 2.24. The number of aromatic nitrogens is 5. The van der Waals surface area contributed by atoms with E-state index < -0.39 is 0 Å². The molecule has 1 aliphatic heterocycles. The third kappa shape index (κ3) is 3.14. The number of H-pyrrole nitrogens is 1. The number of rotatable bonds is 5. The van der Waals surface area contributed by atoms with E-state index >= 15 is 0 Å². The smallest absolute Gasteiger partial charge is 0.159 e. The third-order valence-corrected chi connectivity index (χ3v) is 3.99. The average Bonchev–Trinajstić information content (AvgIpc) is 3.08. The Morgan fingerprint density at radius 3 is 3.05 bits per heavy atom. The molecule has 0 spiro atoms. The van der Waals surface area contributed by atoms with Crippen LogP contribution in [0.15, 0.2) is 12.4 Å². The topological polar surface area (TPSA) is 71.9 Å². The number of ether oxygens (including phenoxy) is 1. The van der Waals surface area contributed by atoms with Gasteiger partial charge in [-0.2, -0.15) is 5.10 Å². The molecular weight excluding hydrogens is 268 g/mol. The van der Waals surface area contributed by atoms with E-state index in [-0.39, 0.29) is 0 Å². The SMILES string of the molecule is CCOCc1nnc2n1CCN(Cc1cn[nH]c1)[C@@H](C)C2. The first-order valence-electron chi connectivity index (χ1n) is 7.48. The predicted octanol–water partition coefficient (Wildman–Crippen LogP) is 0.984. The Bertz CT molecular complexity index is 564. The summed E-state index contributed by atoms with van der Waals surface area (Å²) >= 11 is 0. The molecule has 0 saturated heterocycles. The molecule has 3 heterocycles. The predicted molar refractivity (Wildman–Crippen MR) is 77.5 cm³/mol. The van der Waals surface area contributed by atoms with Gasteiger partial charge in [-0.05, 0) is 13.8 Å². The molecule has 0 fully saturated rings. The summed E-state index contributed by atoms with van der Waals surface area (Å²) < 4.78 is 7.68. The molecule has 1 atom stereocenters. The minimum atomic E-state index is 0.435. The van der Waals surface area contributed by atoms with Crippen LogP contribution in [0.1, 0.15) is 31.1 Å². The van der Waals surface area contributed by atoms with Crippen LogP contribution < -0.4 is 0 Å². The summed E-state index contributed by atoms with van der Waals surface area (Å²) in [5.41, 5.74) is 1.22. The fourth-order valence-corrected chi connectivity index (χ4v) is 2.76. The fraction of sp³-hybridized carbons (Fsp3) is 0.643. The summed E-state index contributed by atoms with van der Waals surface area (Å²) in [6, 6.07) is 0.435. The zero-order valence-corrected chi connectivity index (χ0v) is 12.6. The van der Waals surface area contributed by atoms with E-state index in [9.17, 15) is 0 Å². The van der Waals surface area contributed by atoms with Crippen LogP contribution in [0.3, 0.4) is 0 Å². The van der Waals surface area contributed by atoms with Gasteiger partial charge in [0.1, 0.15) is 12.4 Å². The lowest BCUT2D eigenvalue weighted by Crippen LogP contribution is -2.34. The number of hydrogen-bond donors (Lipinski definition) is 1. The Hall–Kier alpha value is -1.73. The first-order valence-corrected chi connectivity index (χ1v) is 7.48. The van der Waals surface area contributed by atoms with Gasteiger partial charge < -0.3 is 9.30 Å². The van der Waals surface area contributed by atoms with Crippen molar-refractivity contribution in [1.29, 1.82) is 0 Å². The van der Waals surface area contributed by atoms with Crippen LogP contribution >= 0.6 is 0 Å². The monoisotopic (exact) mass is 290 g/mol. The summed E-state index contributed by atoms with van der Waals surface area (Å²) in [4.78, 5) is 2.46. The molecule has 0 aliphatic carbocycles. The molecule has 0 bridgehead atoms. The van der Waals surface area contributed by atoms with E-state index in [0.29, 0.717) is 19.3 Å². The summed E-state index contributed by atoms with van der Waals surface area (Å²) in [6.45, 7) is 8.28. The Balaban J connectivity index is 1.71. The van der Waals surface area contributed by atoms with Gasteiger partial charge in [-0.3, -0.25) is 10.00 Å². The fourth-order valence-electron chi connectivity index (χ4n) is 2.76. The van der Waals surface area contributed by atoms with Crippen molar-refractivity contribution < 1.29 is 4.74 Å². The van der Waals surface area contributed by atoms with E-state index in [1.807, 2.05) is 19.3 Å². The number of hydrogen-bond acceptors (Lipinski definition) is 5. The van der Waals surface area contributed by atoms with Crippen LogP contribution in [-0.4, -0.2) is 49.1 Å². The standard InChI is InChI=1S/C14H22N6O/c1-3-21-10-14-18-17-13-6-11(2)19(4-5-20(13)14)9-12-7-15-16-8-12/h7-8,11H,3-6,9-10H2,1-2H3,(H,15,16)/t11-/m0/s1. The first kappa shape index (κ1) is 14.2. The summed E-state index contributed by atoms with van der Waals surface area (Å²) in [6.07, 6.45) is 4.76. The van der Waals surface area contributed by atoms with Crippen molar-refractivity contribution in [2.24, 2.45) is 0 Å². The van der Waals surface area contributed by atoms with E-state index in [1.54, 1.807) is 0 Å². The maximum Gasteiger partial charge on any atom is 0.159 e. The highest BCUT2D eigenvalue weighted by Crippen LogP contribution is 2.17. The quantitative estimate of drug-likeness (QED) is 0.889. The molecule has 21 heavy (non-hydrogen) atoms. The second kappa shape index (κ2) is 6.36. The molecule has 0 unspecified atom stereocenters. The summed E-state index contributed by atoms with van der Waals surface area (Å²) in [5.74, 6) is 2.00. The van der Waals surface area contributed by atoms with Crippen LogP contribution in [0.2, 0.25) is 0 Å². The largest absolute Gasteiger partial charge is 0.374 e. The van der Waals surface area contributed by atoms with Crippen LogP contribution in [-0.2, 0) is 30.9 Å². The maximum absolute atomic E-state index is 5.47. The van der Waals surface area contributed by atoms with Crippen molar-refractivity contribution >= 4 is 0 Å². The second-order valence-corrected chi connectivity index (χ2v) is 5.45. The van der Waals surface area contributed by atoms with Crippen LogP contribution in [0.5, 0.6) is 0 Å². The van der Waals surface area contributed by atoms with Gasteiger partial charge >= 0.3 is 0 Å². The maximum atomic E-state index is 5.47. The Kier molecular flexibility index (Phi) is 4.31. The minimum Gasteiger partial charge on any atom is -0.374 e. The molecule has 0 saturated carbocycles. The number of nitrogens with zero attached hydrogens (tertiary/aromatic N) is 5. The van der Waals surface area contributed by atoms with Crippen LogP contribution in [0.25, 0.3) is 0 Å². The van der Waals surface area contributed by atoms with Gasteiger partial charge in [0.25, 0.3) is 0 Å². The van der Waals surface area contributed by atoms with Crippen LogP contribution in [0.4, 0.5) is 0 Å². The van der Waals surface area contributed by atoms with E-state index in [1.165, 1.54) is 5.56 Å². The Labute approximate surface area is 124 Å². The summed E-state index contributed by atoms with van der Waals surface area (Å²) in [7, 11) is 0. The molecule has 114 valence electrons. The molecular formula is C14H22N6O. The lowest BCUT2D eigenvalue weighted by molar-refractivity contribution is 0.124. The van der Waals surface area contributed by atoms with Gasteiger partial charge in [-0.15, -0.1) is 10.2 Å². The van der Waals surface area contributed by atoms with Crippen molar-refractivity contribution in [2.45, 2.75) is 46.0 Å². The molecule has 0 radical (unpaired) electrons. The zero-order valence-electron chi connectivity index (χ0n) is 12.6. The zero-order chi connectivity index (χ0) is 14.7. The first-order chi connectivity index (χ1) is 10.3. The molecule has 3 rings (SSSR count). The molecule has 2 aromatic heterocycles. The van der Waals surface area contributed by atoms with Gasteiger partial charge in [0, 0.05) is 50.5 Å². The van der Waals surface area contributed by atoms with Gasteiger partial charge in [0.05, 0.1) is 6.20 Å². The van der Waals surface area contributed by atoms with Gasteiger partial charge in [0.15, 0.2) is 5.82 Å². The lowest BCUT2D eigenvalue weighted by Gasteiger charge is -2.25. The van der Waals surface area contributed by atoms with Crippen molar-refractivity contribution in [1.82, 2.24) is 29.9 Å². The average molecular weight is 290 g/mol. The van der Waals surface area contributed by atoms with Crippen LogP contribution in [0, 0.1) is 0 Å². The second-order valence-electron chi connectivity index (χ2n) is 5.45. The molecule has 2 aromatic rings. The molecule has 0 amide bonds. The van der Waals surface area contributed by atoms with Crippen molar-refractivity contribution in [3.8, 4) is 0 Å². The van der Waals surface area contributed by atoms with Crippen molar-refractivity contribution in [3.05, 3.63) is 29.6 Å². The number of nitrogens with one attached hydrogen (secondary N) is 1. The minimum absolute atomic E-state index is 0.435. The Morgan fingerprint density at radius 2 is 2.29 bits per heavy atom. The molecule has 1 aliphatic rings.